The highest BCUT2D eigenvalue weighted by molar-refractivity contribution is 6.33. The third-order valence-corrected chi connectivity index (χ3v) is 3.07. The summed E-state index contributed by atoms with van der Waals surface area (Å²) >= 11 is 6.01. The normalized spacial score (nSPS) is 10.8. The molecule has 2 N–H and O–H groups in total. The molecule has 0 aliphatic carbocycles. The Labute approximate surface area is 152 Å². The van der Waals surface area contributed by atoms with E-state index in [1.807, 2.05) is 6.92 Å². The lowest BCUT2D eigenvalue weighted by atomic mass is 10.2. The average Bonchev–Trinajstić information content (AvgIpc) is 2.46. The number of carbonyl (C=O) groups is 3. The number of hydrogen-bond donors (Lipinski definition) is 2. The van der Waals surface area contributed by atoms with Crippen LogP contribution in [-0.2, 0) is 19.1 Å². The Morgan fingerprint density at radius 1 is 1.20 bits per heavy atom. The summed E-state index contributed by atoms with van der Waals surface area (Å²) in [5, 5.41) is 5.39. The number of amides is 2. The van der Waals surface area contributed by atoms with Gasteiger partial charge in [0.05, 0.1) is 17.1 Å². The number of esters is 1. The largest absolute Gasteiger partial charge is 0.456 e. The molecule has 0 spiro atoms. The Kier molecular flexibility index (Phi) is 7.70. The highest BCUT2D eigenvalue weighted by atomic mass is 35.5. The SMILES string of the molecule is Cc1ccc(NC(=O)COC(=O)CCNC(=O)OC(C)(C)C)c(Cl)c1. The molecule has 0 saturated heterocycles. The summed E-state index contributed by atoms with van der Waals surface area (Å²) < 4.78 is 9.86. The first kappa shape index (κ1) is 20.8. The first-order valence-corrected chi connectivity index (χ1v) is 8.13. The molecule has 1 rings (SSSR count). The van der Waals surface area contributed by atoms with Gasteiger partial charge in [-0.3, -0.25) is 9.59 Å². The smallest absolute Gasteiger partial charge is 0.407 e. The molecule has 0 aliphatic rings. The van der Waals surface area contributed by atoms with E-state index in [0.29, 0.717) is 10.7 Å². The van der Waals surface area contributed by atoms with Crippen molar-refractivity contribution in [2.75, 3.05) is 18.5 Å². The van der Waals surface area contributed by atoms with E-state index in [2.05, 4.69) is 10.6 Å². The molecule has 25 heavy (non-hydrogen) atoms. The second-order valence-corrected chi connectivity index (χ2v) is 6.78. The molecule has 0 aromatic heterocycles. The minimum absolute atomic E-state index is 0.0547. The lowest BCUT2D eigenvalue weighted by Gasteiger charge is -2.19. The number of anilines is 1. The first-order chi connectivity index (χ1) is 11.6. The molecule has 0 unspecified atom stereocenters. The van der Waals surface area contributed by atoms with E-state index in [1.54, 1.807) is 39.0 Å². The van der Waals surface area contributed by atoms with E-state index in [9.17, 15) is 14.4 Å². The number of hydrogen-bond acceptors (Lipinski definition) is 5. The van der Waals surface area contributed by atoms with Crippen LogP contribution in [0.15, 0.2) is 18.2 Å². The van der Waals surface area contributed by atoms with E-state index in [4.69, 9.17) is 21.1 Å². The summed E-state index contributed by atoms with van der Waals surface area (Å²) in [6, 6.07) is 5.18. The van der Waals surface area contributed by atoms with Crippen molar-refractivity contribution >= 4 is 35.3 Å². The van der Waals surface area contributed by atoms with Crippen LogP contribution in [-0.4, -0.2) is 36.7 Å². The highest BCUT2D eigenvalue weighted by Crippen LogP contribution is 2.22. The molecule has 1 aromatic carbocycles. The summed E-state index contributed by atoms with van der Waals surface area (Å²) in [5.74, 6) is -1.11. The van der Waals surface area contributed by atoms with E-state index in [1.165, 1.54) is 0 Å². The zero-order chi connectivity index (χ0) is 19.0. The Bertz CT molecular complexity index is 640. The van der Waals surface area contributed by atoms with E-state index in [-0.39, 0.29) is 13.0 Å². The number of aryl methyl sites for hydroxylation is 1. The lowest BCUT2D eigenvalue weighted by molar-refractivity contribution is -0.147. The van der Waals surface area contributed by atoms with E-state index < -0.39 is 30.2 Å². The molecule has 0 radical (unpaired) electrons. The molecule has 0 heterocycles. The molecule has 0 atom stereocenters. The fourth-order valence-electron chi connectivity index (χ4n) is 1.71. The molecule has 0 aliphatic heterocycles. The maximum Gasteiger partial charge on any atom is 0.407 e. The van der Waals surface area contributed by atoms with Crippen LogP contribution >= 0.6 is 11.6 Å². The number of benzene rings is 1. The fraction of sp³-hybridized carbons (Fsp3) is 0.471. The van der Waals surface area contributed by atoms with Gasteiger partial charge in [0, 0.05) is 6.54 Å². The molecule has 7 nitrogen and oxygen atoms in total. The summed E-state index contributed by atoms with van der Waals surface area (Å²) in [4.78, 5) is 34.7. The Morgan fingerprint density at radius 2 is 1.88 bits per heavy atom. The second-order valence-electron chi connectivity index (χ2n) is 6.37. The summed E-state index contributed by atoms with van der Waals surface area (Å²) in [5.41, 5.74) is 0.798. The van der Waals surface area contributed by atoms with Crippen molar-refractivity contribution in [1.29, 1.82) is 0 Å². The van der Waals surface area contributed by atoms with Gasteiger partial charge in [0.15, 0.2) is 6.61 Å². The molecule has 1 aromatic rings. The standard InChI is InChI=1S/C17H23ClN2O5/c1-11-5-6-13(12(18)9-11)20-14(21)10-24-15(22)7-8-19-16(23)25-17(2,3)4/h5-6,9H,7-8,10H2,1-4H3,(H,19,23)(H,20,21). The van der Waals surface area contributed by atoms with Crippen molar-refractivity contribution in [3.63, 3.8) is 0 Å². The third kappa shape index (κ3) is 8.95. The van der Waals surface area contributed by atoms with Gasteiger partial charge in [0.25, 0.3) is 5.91 Å². The maximum atomic E-state index is 11.8. The number of alkyl carbamates (subject to hydrolysis) is 1. The van der Waals surface area contributed by atoms with Crippen molar-refractivity contribution in [3.05, 3.63) is 28.8 Å². The van der Waals surface area contributed by atoms with Crippen molar-refractivity contribution in [3.8, 4) is 0 Å². The van der Waals surface area contributed by atoms with Crippen LogP contribution < -0.4 is 10.6 Å². The zero-order valence-corrected chi connectivity index (χ0v) is 15.5. The zero-order valence-electron chi connectivity index (χ0n) is 14.8. The van der Waals surface area contributed by atoms with E-state index in [0.717, 1.165) is 5.56 Å². The minimum Gasteiger partial charge on any atom is -0.456 e. The third-order valence-electron chi connectivity index (χ3n) is 2.76. The van der Waals surface area contributed by atoms with Crippen LogP contribution in [0.3, 0.4) is 0 Å². The quantitative estimate of drug-likeness (QED) is 0.750. The molecule has 0 bridgehead atoms. The fourth-order valence-corrected chi connectivity index (χ4v) is 1.99. The van der Waals surface area contributed by atoms with Gasteiger partial charge in [-0.25, -0.2) is 4.79 Å². The first-order valence-electron chi connectivity index (χ1n) is 7.75. The molecular weight excluding hydrogens is 348 g/mol. The number of ether oxygens (including phenoxy) is 2. The van der Waals surface area contributed by atoms with Crippen LogP contribution in [0.5, 0.6) is 0 Å². The number of carbonyl (C=O) groups excluding carboxylic acids is 3. The van der Waals surface area contributed by atoms with Crippen LogP contribution in [0, 0.1) is 6.92 Å². The van der Waals surface area contributed by atoms with Crippen LogP contribution in [0.2, 0.25) is 5.02 Å². The topological polar surface area (TPSA) is 93.7 Å². The Balaban J connectivity index is 2.27. The predicted octanol–water partition coefficient (Wildman–Crippen LogP) is 3.04. The van der Waals surface area contributed by atoms with Crippen LogP contribution in [0.25, 0.3) is 0 Å². The number of nitrogens with one attached hydrogen (secondary N) is 2. The van der Waals surface area contributed by atoms with Crippen molar-refractivity contribution < 1.29 is 23.9 Å². The summed E-state index contributed by atoms with van der Waals surface area (Å²) in [6.45, 7) is 6.71. The van der Waals surface area contributed by atoms with Gasteiger partial charge >= 0.3 is 12.1 Å². The summed E-state index contributed by atoms with van der Waals surface area (Å²) in [6.07, 6.45) is -0.690. The van der Waals surface area contributed by atoms with Gasteiger partial charge in [-0.2, -0.15) is 0 Å². The lowest BCUT2D eigenvalue weighted by Crippen LogP contribution is -2.34. The van der Waals surface area contributed by atoms with Crippen LogP contribution in [0.1, 0.15) is 32.8 Å². The van der Waals surface area contributed by atoms with Crippen molar-refractivity contribution in [1.82, 2.24) is 5.32 Å². The average molecular weight is 371 g/mol. The van der Waals surface area contributed by atoms with Crippen molar-refractivity contribution in [2.24, 2.45) is 0 Å². The van der Waals surface area contributed by atoms with Crippen molar-refractivity contribution in [2.45, 2.75) is 39.7 Å². The molecule has 0 saturated carbocycles. The molecule has 8 heteroatoms. The Hall–Kier alpha value is -2.28. The molecule has 138 valence electrons. The minimum atomic E-state index is -0.618. The maximum absolute atomic E-state index is 11.8. The number of rotatable bonds is 6. The Morgan fingerprint density at radius 3 is 2.48 bits per heavy atom. The summed E-state index contributed by atoms with van der Waals surface area (Å²) in [7, 11) is 0. The van der Waals surface area contributed by atoms with Crippen LogP contribution in [0.4, 0.5) is 10.5 Å². The van der Waals surface area contributed by atoms with Gasteiger partial charge < -0.3 is 20.1 Å². The molecular formula is C17H23ClN2O5. The van der Waals surface area contributed by atoms with Gasteiger partial charge in [-0.15, -0.1) is 0 Å². The van der Waals surface area contributed by atoms with E-state index >= 15 is 0 Å². The predicted molar refractivity (Wildman–Crippen MR) is 94.6 cm³/mol. The van der Waals surface area contributed by atoms with Gasteiger partial charge in [0.1, 0.15) is 5.60 Å². The molecule has 2 amide bonds. The molecule has 0 fully saturated rings. The van der Waals surface area contributed by atoms with Gasteiger partial charge in [-0.05, 0) is 45.4 Å². The second kappa shape index (κ2) is 9.27. The number of halogens is 1. The monoisotopic (exact) mass is 370 g/mol. The van der Waals surface area contributed by atoms with Gasteiger partial charge in [-0.1, -0.05) is 17.7 Å². The highest BCUT2D eigenvalue weighted by Gasteiger charge is 2.16. The van der Waals surface area contributed by atoms with Gasteiger partial charge in [0.2, 0.25) is 0 Å².